The van der Waals surface area contributed by atoms with E-state index in [1.807, 2.05) is 13.8 Å². The number of Topliss-reactive ketones (excluding diaryl/α,β-unsaturated/α-hetero) is 1. The zero-order valence-electron chi connectivity index (χ0n) is 12.3. The molecule has 0 aliphatic heterocycles. The molecular formula is C16H22O4. The monoisotopic (exact) mass is 278 g/mol. The molecule has 20 heavy (non-hydrogen) atoms. The summed E-state index contributed by atoms with van der Waals surface area (Å²) in [6.45, 7) is 5.65. The van der Waals surface area contributed by atoms with E-state index in [4.69, 9.17) is 5.11 Å². The molecule has 110 valence electrons. The molecule has 1 aromatic carbocycles. The number of ketones is 1. The second-order valence-electron chi connectivity index (χ2n) is 5.22. The van der Waals surface area contributed by atoms with Crippen molar-refractivity contribution in [1.29, 1.82) is 0 Å². The van der Waals surface area contributed by atoms with Gasteiger partial charge in [0.05, 0.1) is 5.56 Å². The zero-order valence-corrected chi connectivity index (χ0v) is 12.3. The highest BCUT2D eigenvalue weighted by atomic mass is 16.4. The Morgan fingerprint density at radius 2 is 1.60 bits per heavy atom. The summed E-state index contributed by atoms with van der Waals surface area (Å²) < 4.78 is 0. The van der Waals surface area contributed by atoms with Crippen molar-refractivity contribution in [2.45, 2.75) is 52.9 Å². The Kier molecular flexibility index (Phi) is 5.74. The molecule has 0 aliphatic carbocycles. The van der Waals surface area contributed by atoms with Crippen LogP contribution in [0.2, 0.25) is 0 Å². The third kappa shape index (κ3) is 4.08. The first-order chi connectivity index (χ1) is 9.34. The number of hydrogen-bond donors (Lipinski definition) is 2. The van der Waals surface area contributed by atoms with E-state index in [9.17, 15) is 14.7 Å². The molecule has 0 radical (unpaired) electrons. The molecule has 1 rings (SSSR count). The Balaban J connectivity index is 2.62. The van der Waals surface area contributed by atoms with Crippen LogP contribution in [0.15, 0.2) is 6.07 Å². The fraction of sp³-hybridized carbons (Fsp3) is 0.500. The van der Waals surface area contributed by atoms with Crippen LogP contribution in [0.5, 0.6) is 5.75 Å². The van der Waals surface area contributed by atoms with Gasteiger partial charge in [-0.3, -0.25) is 9.59 Å². The van der Waals surface area contributed by atoms with Crippen LogP contribution in [0.1, 0.15) is 59.2 Å². The third-order valence-electron chi connectivity index (χ3n) is 3.72. The summed E-state index contributed by atoms with van der Waals surface area (Å²) in [5.74, 6) is -0.814. The minimum atomic E-state index is -0.807. The van der Waals surface area contributed by atoms with Crippen LogP contribution in [0, 0.1) is 20.8 Å². The van der Waals surface area contributed by atoms with Gasteiger partial charge in [-0.1, -0.05) is 6.42 Å². The number of carboxylic acids is 1. The van der Waals surface area contributed by atoms with E-state index >= 15 is 0 Å². The average molecular weight is 278 g/mol. The lowest BCUT2D eigenvalue weighted by Crippen LogP contribution is -2.03. The maximum atomic E-state index is 12.1. The van der Waals surface area contributed by atoms with E-state index in [2.05, 4.69) is 0 Å². The molecule has 0 saturated carbocycles. The molecule has 0 saturated heterocycles. The first kappa shape index (κ1) is 16.2. The average Bonchev–Trinajstić information content (AvgIpc) is 2.39. The van der Waals surface area contributed by atoms with Gasteiger partial charge in [-0.2, -0.15) is 0 Å². The lowest BCUT2D eigenvalue weighted by Gasteiger charge is -2.12. The number of rotatable bonds is 7. The topological polar surface area (TPSA) is 74.6 Å². The predicted octanol–water partition coefficient (Wildman–Crippen LogP) is 3.54. The molecule has 0 aromatic heterocycles. The van der Waals surface area contributed by atoms with Crippen LogP contribution in [-0.2, 0) is 4.79 Å². The largest absolute Gasteiger partial charge is 0.507 e. The van der Waals surface area contributed by atoms with Gasteiger partial charge in [0.25, 0.3) is 0 Å². The van der Waals surface area contributed by atoms with Gasteiger partial charge in [-0.25, -0.2) is 0 Å². The number of phenols is 1. The molecular weight excluding hydrogens is 256 g/mol. The number of phenolic OH excluding ortho intramolecular Hbond substituents is 1. The van der Waals surface area contributed by atoms with Crippen molar-refractivity contribution in [3.8, 4) is 5.75 Å². The van der Waals surface area contributed by atoms with Crippen LogP contribution in [-0.4, -0.2) is 22.0 Å². The first-order valence-corrected chi connectivity index (χ1v) is 6.89. The summed E-state index contributed by atoms with van der Waals surface area (Å²) in [7, 11) is 0. The Labute approximate surface area is 119 Å². The number of unbranched alkanes of at least 4 members (excludes halogenated alkanes) is 2. The smallest absolute Gasteiger partial charge is 0.303 e. The van der Waals surface area contributed by atoms with Gasteiger partial charge >= 0.3 is 5.97 Å². The fourth-order valence-corrected chi connectivity index (χ4v) is 2.15. The molecule has 2 N–H and O–H groups in total. The molecule has 4 heteroatoms. The van der Waals surface area contributed by atoms with Crippen molar-refractivity contribution in [1.82, 2.24) is 0 Å². The van der Waals surface area contributed by atoms with Crippen molar-refractivity contribution >= 4 is 11.8 Å². The zero-order chi connectivity index (χ0) is 15.3. The molecule has 0 atom stereocenters. The highest BCUT2D eigenvalue weighted by Gasteiger charge is 2.15. The van der Waals surface area contributed by atoms with Gasteiger partial charge in [-0.05, 0) is 56.4 Å². The fourth-order valence-electron chi connectivity index (χ4n) is 2.15. The number of aliphatic carboxylic acids is 1. The van der Waals surface area contributed by atoms with Gasteiger partial charge < -0.3 is 10.2 Å². The van der Waals surface area contributed by atoms with Gasteiger partial charge in [-0.15, -0.1) is 0 Å². The molecule has 0 bridgehead atoms. The van der Waals surface area contributed by atoms with E-state index < -0.39 is 5.97 Å². The van der Waals surface area contributed by atoms with Gasteiger partial charge in [0, 0.05) is 12.8 Å². The number of hydrogen-bond acceptors (Lipinski definition) is 3. The molecule has 0 spiro atoms. The lowest BCUT2D eigenvalue weighted by atomic mass is 9.95. The SMILES string of the molecule is Cc1cc(C(=O)CCCCCC(=O)O)c(O)c(C)c1C. The highest BCUT2D eigenvalue weighted by Crippen LogP contribution is 2.29. The normalized spacial score (nSPS) is 10.6. The lowest BCUT2D eigenvalue weighted by molar-refractivity contribution is -0.137. The van der Waals surface area contributed by atoms with Gasteiger partial charge in [0.1, 0.15) is 5.75 Å². The maximum Gasteiger partial charge on any atom is 0.303 e. The Morgan fingerprint density at radius 3 is 2.20 bits per heavy atom. The van der Waals surface area contributed by atoms with Crippen molar-refractivity contribution in [3.63, 3.8) is 0 Å². The first-order valence-electron chi connectivity index (χ1n) is 6.89. The number of carboxylic acid groups (broad SMARTS) is 1. The predicted molar refractivity (Wildman–Crippen MR) is 77.4 cm³/mol. The number of benzene rings is 1. The highest BCUT2D eigenvalue weighted by molar-refractivity contribution is 5.99. The third-order valence-corrected chi connectivity index (χ3v) is 3.72. The van der Waals surface area contributed by atoms with Gasteiger partial charge in [0.2, 0.25) is 0 Å². The Morgan fingerprint density at radius 1 is 1.00 bits per heavy atom. The molecule has 4 nitrogen and oxygen atoms in total. The molecule has 0 amide bonds. The van der Waals surface area contributed by atoms with Crippen LogP contribution in [0.4, 0.5) is 0 Å². The minimum absolute atomic E-state index is 0.0728. The second-order valence-corrected chi connectivity index (χ2v) is 5.22. The second kappa shape index (κ2) is 7.08. The van der Waals surface area contributed by atoms with Crippen LogP contribution >= 0.6 is 0 Å². The molecule has 0 fully saturated rings. The number of aromatic hydroxyl groups is 1. The number of carbonyl (C=O) groups is 2. The minimum Gasteiger partial charge on any atom is -0.507 e. The standard InChI is InChI=1S/C16H22O4/c1-10-9-13(16(20)12(3)11(10)2)14(17)7-5-4-6-8-15(18)19/h9,20H,4-8H2,1-3H3,(H,18,19). The number of aryl methyl sites for hydroxylation is 1. The van der Waals surface area contributed by atoms with Crippen molar-refractivity contribution in [2.75, 3.05) is 0 Å². The van der Waals surface area contributed by atoms with E-state index in [1.165, 1.54) is 0 Å². The quantitative estimate of drug-likeness (QED) is 0.591. The molecule has 0 unspecified atom stereocenters. The van der Waals surface area contributed by atoms with Crippen molar-refractivity contribution in [2.24, 2.45) is 0 Å². The molecule has 0 aliphatic rings. The van der Waals surface area contributed by atoms with E-state index in [1.54, 1.807) is 13.0 Å². The van der Waals surface area contributed by atoms with E-state index in [-0.39, 0.29) is 18.0 Å². The summed E-state index contributed by atoms with van der Waals surface area (Å²) in [5, 5.41) is 18.6. The van der Waals surface area contributed by atoms with E-state index in [0.717, 1.165) is 16.7 Å². The summed E-state index contributed by atoms with van der Waals surface area (Å²) >= 11 is 0. The Hall–Kier alpha value is -1.84. The number of carbonyl (C=O) groups excluding carboxylic acids is 1. The summed E-state index contributed by atoms with van der Waals surface area (Å²) in [4.78, 5) is 22.5. The summed E-state index contributed by atoms with van der Waals surface area (Å²) in [5.41, 5.74) is 3.12. The van der Waals surface area contributed by atoms with Gasteiger partial charge in [0.15, 0.2) is 5.78 Å². The summed E-state index contributed by atoms with van der Waals surface area (Å²) in [6, 6.07) is 1.73. The van der Waals surface area contributed by atoms with Crippen molar-refractivity contribution in [3.05, 3.63) is 28.3 Å². The Bertz CT molecular complexity index is 518. The molecule has 0 heterocycles. The van der Waals surface area contributed by atoms with Crippen LogP contribution in [0.3, 0.4) is 0 Å². The maximum absolute atomic E-state index is 12.1. The van der Waals surface area contributed by atoms with E-state index in [0.29, 0.717) is 31.2 Å². The summed E-state index contributed by atoms with van der Waals surface area (Å²) in [6.07, 6.45) is 2.43. The van der Waals surface area contributed by atoms with Crippen LogP contribution < -0.4 is 0 Å². The van der Waals surface area contributed by atoms with Crippen molar-refractivity contribution < 1.29 is 19.8 Å². The van der Waals surface area contributed by atoms with Crippen LogP contribution in [0.25, 0.3) is 0 Å². The molecule has 1 aromatic rings.